The fraction of sp³-hybridized carbons (Fsp3) is 0.286. The summed E-state index contributed by atoms with van der Waals surface area (Å²) in [7, 11) is 5.65. The second kappa shape index (κ2) is 9.64. The van der Waals surface area contributed by atoms with Gasteiger partial charge in [-0.15, -0.1) is 0 Å². The molecule has 0 heterocycles. The van der Waals surface area contributed by atoms with Crippen LogP contribution in [-0.4, -0.2) is 50.0 Å². The molecule has 0 unspecified atom stereocenters. The quantitative estimate of drug-likeness (QED) is 0.693. The van der Waals surface area contributed by atoms with E-state index < -0.39 is 0 Å². The number of carbonyl (C=O) groups excluding carboxylic acids is 1. The van der Waals surface area contributed by atoms with Crippen LogP contribution in [0, 0.1) is 0 Å². The minimum Gasteiger partial charge on any atom is -0.496 e. The standard InChI is InChI=1S/C21H26N2O2/c1-22(2)15-16-23(17-18-9-5-4-6-10-18)21(24)14-13-19-11-7-8-12-20(19)25-3/h4-14H,15-17H2,1-3H3. The van der Waals surface area contributed by atoms with Gasteiger partial charge in [0.25, 0.3) is 0 Å². The summed E-state index contributed by atoms with van der Waals surface area (Å²) in [6.45, 7) is 2.10. The first-order valence-electron chi connectivity index (χ1n) is 8.39. The Labute approximate surface area is 150 Å². The largest absolute Gasteiger partial charge is 0.496 e. The number of para-hydroxylation sites is 1. The lowest BCUT2D eigenvalue weighted by atomic mass is 10.1. The van der Waals surface area contributed by atoms with E-state index in [1.165, 1.54) is 0 Å². The monoisotopic (exact) mass is 338 g/mol. The Kier molecular flexibility index (Phi) is 7.23. The predicted octanol–water partition coefficient (Wildman–Crippen LogP) is 3.30. The number of nitrogens with zero attached hydrogens (tertiary/aromatic N) is 2. The summed E-state index contributed by atoms with van der Waals surface area (Å²) >= 11 is 0. The maximum absolute atomic E-state index is 12.7. The fourth-order valence-corrected chi connectivity index (χ4v) is 2.46. The van der Waals surface area contributed by atoms with Gasteiger partial charge in [0.05, 0.1) is 7.11 Å². The molecule has 4 nitrogen and oxygen atoms in total. The number of methoxy groups -OCH3 is 1. The van der Waals surface area contributed by atoms with Crippen molar-refractivity contribution in [1.29, 1.82) is 0 Å². The molecule has 0 aliphatic carbocycles. The molecule has 1 amide bonds. The van der Waals surface area contributed by atoms with Crippen molar-refractivity contribution in [1.82, 2.24) is 9.80 Å². The molecule has 0 bridgehead atoms. The summed E-state index contributed by atoms with van der Waals surface area (Å²) < 4.78 is 5.33. The molecule has 4 heteroatoms. The third kappa shape index (κ3) is 6.08. The summed E-state index contributed by atoms with van der Waals surface area (Å²) in [6, 6.07) is 17.7. The Bertz CT molecular complexity index is 696. The van der Waals surface area contributed by atoms with E-state index in [0.29, 0.717) is 13.1 Å². The van der Waals surface area contributed by atoms with Crippen molar-refractivity contribution in [3.8, 4) is 5.75 Å². The molecule has 0 saturated heterocycles. The minimum atomic E-state index is -0.00314. The molecule has 0 atom stereocenters. The van der Waals surface area contributed by atoms with Crippen molar-refractivity contribution >= 4 is 12.0 Å². The van der Waals surface area contributed by atoms with E-state index in [9.17, 15) is 4.79 Å². The molecule has 0 aliphatic heterocycles. The van der Waals surface area contributed by atoms with Gasteiger partial charge in [-0.1, -0.05) is 48.5 Å². The maximum atomic E-state index is 12.7. The Morgan fingerprint density at radius 3 is 2.36 bits per heavy atom. The lowest BCUT2D eigenvalue weighted by molar-refractivity contribution is -0.126. The highest BCUT2D eigenvalue weighted by Crippen LogP contribution is 2.18. The van der Waals surface area contributed by atoms with Gasteiger partial charge in [0.2, 0.25) is 5.91 Å². The first kappa shape index (κ1) is 18.7. The molecule has 2 aromatic carbocycles. The Morgan fingerprint density at radius 2 is 1.68 bits per heavy atom. The molecule has 25 heavy (non-hydrogen) atoms. The Balaban J connectivity index is 2.12. The molecule has 0 aromatic heterocycles. The van der Waals surface area contributed by atoms with Crippen LogP contribution in [0.25, 0.3) is 6.08 Å². The van der Waals surface area contributed by atoms with E-state index in [0.717, 1.165) is 23.4 Å². The van der Waals surface area contributed by atoms with Crippen LogP contribution >= 0.6 is 0 Å². The van der Waals surface area contributed by atoms with Gasteiger partial charge < -0.3 is 14.5 Å². The molecule has 0 saturated carbocycles. The fourth-order valence-electron chi connectivity index (χ4n) is 2.46. The van der Waals surface area contributed by atoms with Crippen molar-refractivity contribution in [2.45, 2.75) is 6.54 Å². The summed E-state index contributed by atoms with van der Waals surface area (Å²) in [5, 5.41) is 0. The van der Waals surface area contributed by atoms with E-state index >= 15 is 0 Å². The smallest absolute Gasteiger partial charge is 0.246 e. The molecular formula is C21H26N2O2. The van der Waals surface area contributed by atoms with Crippen LogP contribution in [0.1, 0.15) is 11.1 Å². The zero-order chi connectivity index (χ0) is 18.1. The third-order valence-electron chi connectivity index (χ3n) is 3.89. The number of hydrogen-bond donors (Lipinski definition) is 0. The van der Waals surface area contributed by atoms with Gasteiger partial charge in [-0.25, -0.2) is 0 Å². The van der Waals surface area contributed by atoms with Crippen molar-refractivity contribution in [3.63, 3.8) is 0 Å². The average Bonchev–Trinajstić information content (AvgIpc) is 2.64. The first-order chi connectivity index (χ1) is 12.1. The van der Waals surface area contributed by atoms with Crippen molar-refractivity contribution < 1.29 is 9.53 Å². The van der Waals surface area contributed by atoms with Crippen molar-refractivity contribution in [2.75, 3.05) is 34.3 Å². The van der Waals surface area contributed by atoms with Gasteiger partial charge in [-0.2, -0.15) is 0 Å². The molecule has 0 spiro atoms. The van der Waals surface area contributed by atoms with Gasteiger partial charge >= 0.3 is 0 Å². The molecular weight excluding hydrogens is 312 g/mol. The van der Waals surface area contributed by atoms with Crippen LogP contribution in [0.3, 0.4) is 0 Å². The van der Waals surface area contributed by atoms with Crippen molar-refractivity contribution in [2.24, 2.45) is 0 Å². The molecule has 2 aromatic rings. The van der Waals surface area contributed by atoms with Gasteiger partial charge in [0, 0.05) is 31.3 Å². The predicted molar refractivity (Wildman–Crippen MR) is 102 cm³/mol. The number of amides is 1. The number of rotatable bonds is 8. The van der Waals surface area contributed by atoms with Crippen LogP contribution in [0.2, 0.25) is 0 Å². The highest BCUT2D eigenvalue weighted by Gasteiger charge is 2.12. The van der Waals surface area contributed by atoms with Gasteiger partial charge in [0.15, 0.2) is 0 Å². The van der Waals surface area contributed by atoms with E-state index in [-0.39, 0.29) is 5.91 Å². The minimum absolute atomic E-state index is 0.00314. The molecule has 0 fully saturated rings. The maximum Gasteiger partial charge on any atom is 0.246 e. The Morgan fingerprint density at radius 1 is 1.00 bits per heavy atom. The van der Waals surface area contributed by atoms with Crippen LogP contribution in [0.15, 0.2) is 60.7 Å². The van der Waals surface area contributed by atoms with E-state index in [1.54, 1.807) is 13.2 Å². The number of hydrogen-bond acceptors (Lipinski definition) is 3. The second-order valence-corrected chi connectivity index (χ2v) is 6.12. The lowest BCUT2D eigenvalue weighted by Crippen LogP contribution is -2.35. The Hall–Kier alpha value is -2.59. The molecule has 0 N–H and O–H groups in total. The summed E-state index contributed by atoms with van der Waals surface area (Å²) in [5.41, 5.74) is 2.02. The normalized spacial score (nSPS) is 11.0. The van der Waals surface area contributed by atoms with Crippen LogP contribution in [0.4, 0.5) is 0 Å². The lowest BCUT2D eigenvalue weighted by Gasteiger charge is -2.23. The van der Waals surface area contributed by atoms with E-state index in [4.69, 9.17) is 4.74 Å². The average molecular weight is 338 g/mol. The van der Waals surface area contributed by atoms with Gasteiger partial charge in [-0.3, -0.25) is 4.79 Å². The van der Waals surface area contributed by atoms with Crippen LogP contribution < -0.4 is 4.74 Å². The zero-order valence-corrected chi connectivity index (χ0v) is 15.2. The SMILES string of the molecule is COc1ccccc1C=CC(=O)N(CCN(C)C)Cc1ccccc1. The summed E-state index contributed by atoms with van der Waals surface area (Å²) in [4.78, 5) is 16.7. The van der Waals surface area contributed by atoms with Crippen LogP contribution in [-0.2, 0) is 11.3 Å². The third-order valence-corrected chi connectivity index (χ3v) is 3.89. The number of benzene rings is 2. The topological polar surface area (TPSA) is 32.8 Å². The molecule has 132 valence electrons. The molecule has 0 radical (unpaired) electrons. The number of ether oxygens (including phenoxy) is 1. The number of carbonyl (C=O) groups is 1. The molecule has 0 aliphatic rings. The summed E-state index contributed by atoms with van der Waals surface area (Å²) in [5.74, 6) is 0.756. The zero-order valence-electron chi connectivity index (χ0n) is 15.2. The van der Waals surface area contributed by atoms with Gasteiger partial charge in [-0.05, 0) is 31.8 Å². The summed E-state index contributed by atoms with van der Waals surface area (Å²) in [6.07, 6.45) is 3.44. The van der Waals surface area contributed by atoms with Crippen molar-refractivity contribution in [3.05, 3.63) is 71.8 Å². The van der Waals surface area contributed by atoms with Crippen LogP contribution in [0.5, 0.6) is 5.75 Å². The molecule has 2 rings (SSSR count). The van der Waals surface area contributed by atoms with Gasteiger partial charge in [0.1, 0.15) is 5.75 Å². The second-order valence-electron chi connectivity index (χ2n) is 6.12. The first-order valence-corrected chi connectivity index (χ1v) is 8.39. The number of likely N-dealkylation sites (N-methyl/N-ethyl adjacent to an activating group) is 1. The highest BCUT2D eigenvalue weighted by atomic mass is 16.5. The van der Waals surface area contributed by atoms with E-state index in [1.807, 2.05) is 79.7 Å². The van der Waals surface area contributed by atoms with E-state index in [2.05, 4.69) is 4.90 Å². The highest BCUT2D eigenvalue weighted by molar-refractivity contribution is 5.92.